The molecule has 0 amide bonds. The Morgan fingerprint density at radius 1 is 1.11 bits per heavy atom. The Bertz CT molecular complexity index is 467. The average molecular weight is 255 g/mol. The lowest BCUT2D eigenvalue weighted by atomic mass is 9.73. The van der Waals surface area contributed by atoms with Gasteiger partial charge >= 0.3 is 0 Å². The van der Waals surface area contributed by atoms with Crippen LogP contribution in [-0.4, -0.2) is 6.04 Å². The second-order valence-electron chi connectivity index (χ2n) is 7.27. The highest BCUT2D eigenvalue weighted by Crippen LogP contribution is 2.50. The van der Waals surface area contributed by atoms with Gasteiger partial charge in [0.1, 0.15) is 0 Å². The van der Waals surface area contributed by atoms with Crippen molar-refractivity contribution in [2.24, 2.45) is 23.5 Å². The van der Waals surface area contributed by atoms with Gasteiger partial charge in [-0.05, 0) is 73.3 Å². The molecule has 2 bridgehead atoms. The summed E-state index contributed by atoms with van der Waals surface area (Å²) in [6.45, 7) is 0. The molecule has 3 aliphatic carbocycles. The summed E-state index contributed by atoms with van der Waals surface area (Å²) in [5, 5.41) is 0. The largest absolute Gasteiger partial charge is 0.328 e. The highest BCUT2D eigenvalue weighted by molar-refractivity contribution is 5.39. The third-order valence-electron chi connectivity index (χ3n) is 6.04. The molecule has 0 spiro atoms. The third-order valence-corrected chi connectivity index (χ3v) is 6.04. The molecular weight excluding hydrogens is 230 g/mol. The van der Waals surface area contributed by atoms with E-state index < -0.39 is 0 Å². The van der Waals surface area contributed by atoms with Gasteiger partial charge in [0.15, 0.2) is 0 Å². The first-order valence-corrected chi connectivity index (χ1v) is 8.13. The van der Waals surface area contributed by atoms with Crippen LogP contribution in [0.2, 0.25) is 0 Å². The molecule has 1 heteroatoms. The predicted octanol–water partition coefficient (Wildman–Crippen LogP) is 3.87. The van der Waals surface area contributed by atoms with Gasteiger partial charge in [-0.3, -0.25) is 0 Å². The molecule has 4 rings (SSSR count). The van der Waals surface area contributed by atoms with E-state index in [-0.39, 0.29) is 0 Å². The first-order chi connectivity index (χ1) is 9.29. The molecule has 1 nitrogen and oxygen atoms in total. The first kappa shape index (κ1) is 12.0. The van der Waals surface area contributed by atoms with Crippen LogP contribution in [0, 0.1) is 17.8 Å². The molecule has 0 aliphatic heterocycles. The van der Waals surface area contributed by atoms with Crippen LogP contribution < -0.4 is 5.73 Å². The molecule has 0 saturated heterocycles. The molecule has 2 fully saturated rings. The molecule has 0 radical (unpaired) electrons. The van der Waals surface area contributed by atoms with Crippen molar-refractivity contribution in [3.8, 4) is 0 Å². The highest BCUT2D eigenvalue weighted by atomic mass is 14.6. The van der Waals surface area contributed by atoms with Crippen LogP contribution in [0.1, 0.15) is 55.6 Å². The molecule has 3 aliphatic rings. The molecule has 2 saturated carbocycles. The second-order valence-corrected chi connectivity index (χ2v) is 7.27. The van der Waals surface area contributed by atoms with Crippen LogP contribution in [0.15, 0.2) is 24.3 Å². The van der Waals surface area contributed by atoms with Crippen molar-refractivity contribution in [2.75, 3.05) is 0 Å². The SMILES string of the molecule is NC(CC1Cc2ccccc21)CC1CC2CCC1C2. The Kier molecular flexibility index (Phi) is 2.91. The Labute approximate surface area is 116 Å². The van der Waals surface area contributed by atoms with E-state index in [0.29, 0.717) is 6.04 Å². The van der Waals surface area contributed by atoms with Gasteiger partial charge in [-0.1, -0.05) is 30.7 Å². The molecule has 5 atom stereocenters. The zero-order chi connectivity index (χ0) is 12.8. The summed E-state index contributed by atoms with van der Waals surface area (Å²) < 4.78 is 0. The number of fused-ring (bicyclic) bond motifs is 3. The van der Waals surface area contributed by atoms with Crippen molar-refractivity contribution in [3.05, 3.63) is 35.4 Å². The molecule has 1 aromatic carbocycles. The molecule has 0 heterocycles. The fourth-order valence-corrected chi connectivity index (χ4v) is 5.09. The van der Waals surface area contributed by atoms with Crippen LogP contribution in [-0.2, 0) is 6.42 Å². The molecule has 19 heavy (non-hydrogen) atoms. The summed E-state index contributed by atoms with van der Waals surface area (Å²) >= 11 is 0. The summed E-state index contributed by atoms with van der Waals surface area (Å²) in [5.74, 6) is 3.81. The molecule has 0 aromatic heterocycles. The van der Waals surface area contributed by atoms with Crippen molar-refractivity contribution in [2.45, 2.75) is 56.9 Å². The van der Waals surface area contributed by atoms with E-state index in [1.54, 1.807) is 11.1 Å². The van der Waals surface area contributed by atoms with Crippen molar-refractivity contribution < 1.29 is 0 Å². The summed E-state index contributed by atoms with van der Waals surface area (Å²) in [4.78, 5) is 0. The summed E-state index contributed by atoms with van der Waals surface area (Å²) in [6, 6.07) is 9.33. The second kappa shape index (κ2) is 4.63. The van der Waals surface area contributed by atoms with Gasteiger partial charge in [0.25, 0.3) is 0 Å². The fraction of sp³-hybridized carbons (Fsp3) is 0.667. The van der Waals surface area contributed by atoms with Crippen LogP contribution in [0.25, 0.3) is 0 Å². The fourth-order valence-electron chi connectivity index (χ4n) is 5.09. The molecular formula is C18H25N. The minimum atomic E-state index is 0.433. The molecule has 5 unspecified atom stereocenters. The topological polar surface area (TPSA) is 26.0 Å². The summed E-state index contributed by atoms with van der Waals surface area (Å²) in [7, 11) is 0. The van der Waals surface area contributed by atoms with E-state index in [0.717, 1.165) is 23.7 Å². The van der Waals surface area contributed by atoms with E-state index >= 15 is 0 Å². The molecule has 2 N–H and O–H groups in total. The number of hydrogen-bond acceptors (Lipinski definition) is 1. The lowest BCUT2D eigenvalue weighted by Gasteiger charge is -2.33. The normalized spacial score (nSPS) is 36.9. The standard InChI is InChI=1S/C18H25N/c19-17(10-15-8-12-5-6-13(15)7-12)11-16-9-14-3-1-2-4-18(14)16/h1-4,12-13,15-17H,5-11,19H2. The van der Waals surface area contributed by atoms with Gasteiger partial charge < -0.3 is 5.73 Å². The van der Waals surface area contributed by atoms with Gasteiger partial charge in [-0.15, -0.1) is 0 Å². The molecule has 1 aromatic rings. The van der Waals surface area contributed by atoms with Gasteiger partial charge in [-0.25, -0.2) is 0 Å². The van der Waals surface area contributed by atoms with Crippen LogP contribution >= 0.6 is 0 Å². The monoisotopic (exact) mass is 255 g/mol. The lowest BCUT2D eigenvalue weighted by Crippen LogP contribution is -2.31. The zero-order valence-corrected chi connectivity index (χ0v) is 11.7. The molecule has 102 valence electrons. The minimum Gasteiger partial charge on any atom is -0.328 e. The number of benzene rings is 1. The maximum atomic E-state index is 6.45. The Hall–Kier alpha value is -0.820. The minimum absolute atomic E-state index is 0.433. The van der Waals surface area contributed by atoms with Crippen molar-refractivity contribution in [1.29, 1.82) is 0 Å². The maximum absolute atomic E-state index is 6.45. The van der Waals surface area contributed by atoms with E-state index in [1.165, 1.54) is 44.9 Å². The van der Waals surface area contributed by atoms with Gasteiger partial charge in [0, 0.05) is 6.04 Å². The van der Waals surface area contributed by atoms with E-state index in [9.17, 15) is 0 Å². The van der Waals surface area contributed by atoms with Gasteiger partial charge in [0.2, 0.25) is 0 Å². The Morgan fingerprint density at radius 2 is 2.00 bits per heavy atom. The van der Waals surface area contributed by atoms with E-state index in [4.69, 9.17) is 5.73 Å². The average Bonchev–Trinajstić information content (AvgIpc) is 2.98. The van der Waals surface area contributed by atoms with Gasteiger partial charge in [0.05, 0.1) is 0 Å². The van der Waals surface area contributed by atoms with E-state index in [2.05, 4.69) is 24.3 Å². The Morgan fingerprint density at radius 3 is 2.74 bits per heavy atom. The first-order valence-electron chi connectivity index (χ1n) is 8.13. The van der Waals surface area contributed by atoms with Crippen LogP contribution in [0.5, 0.6) is 0 Å². The number of rotatable bonds is 4. The number of hydrogen-bond donors (Lipinski definition) is 1. The van der Waals surface area contributed by atoms with Crippen LogP contribution in [0.4, 0.5) is 0 Å². The quantitative estimate of drug-likeness (QED) is 0.868. The maximum Gasteiger partial charge on any atom is 0.00475 e. The summed E-state index contributed by atoms with van der Waals surface area (Å²) in [5.41, 5.74) is 9.58. The highest BCUT2D eigenvalue weighted by Gasteiger charge is 2.40. The third kappa shape index (κ3) is 2.12. The van der Waals surface area contributed by atoms with Crippen molar-refractivity contribution in [1.82, 2.24) is 0 Å². The predicted molar refractivity (Wildman–Crippen MR) is 79.0 cm³/mol. The number of nitrogens with two attached hydrogens (primary N) is 1. The smallest absolute Gasteiger partial charge is 0.00475 e. The van der Waals surface area contributed by atoms with Crippen molar-refractivity contribution in [3.63, 3.8) is 0 Å². The Balaban J connectivity index is 1.32. The lowest BCUT2D eigenvalue weighted by molar-refractivity contribution is 0.283. The van der Waals surface area contributed by atoms with Crippen molar-refractivity contribution >= 4 is 0 Å². The van der Waals surface area contributed by atoms with E-state index in [1.807, 2.05) is 0 Å². The zero-order valence-electron chi connectivity index (χ0n) is 11.7. The summed E-state index contributed by atoms with van der Waals surface area (Å²) in [6.07, 6.45) is 9.77. The van der Waals surface area contributed by atoms with Crippen LogP contribution in [0.3, 0.4) is 0 Å². The van der Waals surface area contributed by atoms with Gasteiger partial charge in [-0.2, -0.15) is 0 Å².